The lowest BCUT2D eigenvalue weighted by Gasteiger charge is -2.32. The zero-order valence-electron chi connectivity index (χ0n) is 14.8. The Labute approximate surface area is 154 Å². The number of hydrogen-bond donors (Lipinski definition) is 0. The number of carbonyl (C=O) groups excluding carboxylic acids is 1. The fraction of sp³-hybridized carbons (Fsp3) is 0.350. The number of aryl methyl sites for hydroxylation is 2. The maximum Gasteiger partial charge on any atom is 0.264 e. The van der Waals surface area contributed by atoms with Crippen LogP contribution in [-0.4, -0.2) is 27.4 Å². The minimum atomic E-state index is -3.62. The number of fused-ring (bicyclic) bond motifs is 2. The number of anilines is 2. The summed E-state index contributed by atoms with van der Waals surface area (Å²) in [4.78, 5) is 13.9. The highest BCUT2D eigenvalue weighted by molar-refractivity contribution is 7.92. The van der Waals surface area contributed by atoms with Crippen molar-refractivity contribution in [1.82, 2.24) is 0 Å². The topological polar surface area (TPSA) is 57.7 Å². The smallest absolute Gasteiger partial charge is 0.264 e. The number of amides is 1. The third kappa shape index (κ3) is 2.78. The van der Waals surface area contributed by atoms with Gasteiger partial charge in [-0.2, -0.15) is 0 Å². The molecule has 2 aliphatic heterocycles. The Morgan fingerprint density at radius 1 is 0.923 bits per heavy atom. The van der Waals surface area contributed by atoms with E-state index in [2.05, 4.69) is 0 Å². The van der Waals surface area contributed by atoms with Crippen LogP contribution in [0.3, 0.4) is 0 Å². The van der Waals surface area contributed by atoms with Crippen molar-refractivity contribution < 1.29 is 13.2 Å². The Morgan fingerprint density at radius 2 is 1.65 bits per heavy atom. The van der Waals surface area contributed by atoms with Gasteiger partial charge in [0.05, 0.1) is 10.6 Å². The zero-order valence-corrected chi connectivity index (χ0v) is 15.6. The van der Waals surface area contributed by atoms with Gasteiger partial charge in [0.1, 0.15) is 0 Å². The van der Waals surface area contributed by atoms with Crippen LogP contribution in [0.4, 0.5) is 11.4 Å². The minimum Gasteiger partial charge on any atom is -0.312 e. The first-order chi connectivity index (χ1) is 12.5. The molecule has 1 amide bonds. The molecule has 2 aliphatic rings. The number of sulfonamides is 1. The van der Waals surface area contributed by atoms with Crippen LogP contribution in [0.15, 0.2) is 47.4 Å². The Bertz CT molecular complexity index is 969. The van der Waals surface area contributed by atoms with Gasteiger partial charge in [-0.05, 0) is 61.1 Å². The van der Waals surface area contributed by atoms with Crippen LogP contribution >= 0.6 is 0 Å². The molecule has 26 heavy (non-hydrogen) atoms. The Balaban J connectivity index is 1.75. The van der Waals surface area contributed by atoms with Crippen molar-refractivity contribution in [2.45, 2.75) is 37.5 Å². The predicted octanol–water partition coefficient (Wildman–Crippen LogP) is 3.13. The highest BCUT2D eigenvalue weighted by atomic mass is 32.2. The molecule has 0 unspecified atom stereocenters. The minimum absolute atomic E-state index is 0.00786. The van der Waals surface area contributed by atoms with Crippen LogP contribution < -0.4 is 9.21 Å². The SMILES string of the molecule is CC(=O)N1CCCc2cc(S(=O)(=O)N3CCCc4ccccc43)ccc21. The van der Waals surface area contributed by atoms with E-state index in [1.807, 2.05) is 24.3 Å². The number of carbonyl (C=O) groups is 1. The molecule has 6 heteroatoms. The Hall–Kier alpha value is -2.34. The first-order valence-corrected chi connectivity index (χ1v) is 10.4. The highest BCUT2D eigenvalue weighted by Crippen LogP contribution is 2.34. The molecule has 0 spiro atoms. The average Bonchev–Trinajstić information content (AvgIpc) is 2.66. The summed E-state index contributed by atoms with van der Waals surface area (Å²) in [5, 5.41) is 0. The van der Waals surface area contributed by atoms with Crippen LogP contribution in [0.2, 0.25) is 0 Å². The second-order valence-corrected chi connectivity index (χ2v) is 8.74. The van der Waals surface area contributed by atoms with Crippen molar-refractivity contribution >= 4 is 27.3 Å². The third-order valence-electron chi connectivity index (χ3n) is 5.21. The van der Waals surface area contributed by atoms with Gasteiger partial charge >= 0.3 is 0 Å². The van der Waals surface area contributed by atoms with E-state index in [0.29, 0.717) is 18.0 Å². The molecule has 0 aromatic heterocycles. The second kappa shape index (κ2) is 6.43. The van der Waals surface area contributed by atoms with E-state index in [0.717, 1.165) is 48.2 Å². The first kappa shape index (κ1) is 17.1. The van der Waals surface area contributed by atoms with E-state index in [9.17, 15) is 13.2 Å². The lowest BCUT2D eigenvalue weighted by atomic mass is 10.0. The molecular formula is C20H22N2O3S. The molecule has 0 saturated carbocycles. The summed E-state index contributed by atoms with van der Waals surface area (Å²) >= 11 is 0. The largest absolute Gasteiger partial charge is 0.312 e. The van der Waals surface area contributed by atoms with E-state index in [1.165, 1.54) is 4.31 Å². The molecule has 136 valence electrons. The summed E-state index contributed by atoms with van der Waals surface area (Å²) in [6, 6.07) is 12.9. The molecule has 0 radical (unpaired) electrons. The molecule has 0 saturated heterocycles. The predicted molar refractivity (Wildman–Crippen MR) is 102 cm³/mol. The van der Waals surface area contributed by atoms with Gasteiger partial charge in [-0.3, -0.25) is 9.10 Å². The van der Waals surface area contributed by atoms with Crippen molar-refractivity contribution in [2.24, 2.45) is 0 Å². The van der Waals surface area contributed by atoms with Gasteiger partial charge in [-0.25, -0.2) is 8.42 Å². The second-order valence-electron chi connectivity index (χ2n) is 6.87. The van der Waals surface area contributed by atoms with Crippen molar-refractivity contribution in [1.29, 1.82) is 0 Å². The molecule has 2 aromatic carbocycles. The summed E-state index contributed by atoms with van der Waals surface area (Å²) in [6.45, 7) is 2.73. The third-order valence-corrected chi connectivity index (χ3v) is 7.01. The molecule has 0 N–H and O–H groups in total. The molecule has 0 bridgehead atoms. The van der Waals surface area contributed by atoms with Gasteiger partial charge < -0.3 is 4.90 Å². The van der Waals surface area contributed by atoms with Gasteiger partial charge in [0.15, 0.2) is 0 Å². The molecule has 4 rings (SSSR count). The fourth-order valence-corrected chi connectivity index (χ4v) is 5.53. The molecule has 2 aromatic rings. The molecule has 0 fully saturated rings. The van der Waals surface area contributed by atoms with Crippen LogP contribution in [0.1, 0.15) is 30.9 Å². The van der Waals surface area contributed by atoms with Gasteiger partial charge in [-0.15, -0.1) is 0 Å². The van der Waals surface area contributed by atoms with E-state index < -0.39 is 10.0 Å². The number of rotatable bonds is 2. The van der Waals surface area contributed by atoms with Crippen LogP contribution in [0.25, 0.3) is 0 Å². The molecule has 5 nitrogen and oxygen atoms in total. The molecule has 0 atom stereocenters. The zero-order chi connectivity index (χ0) is 18.3. The maximum atomic E-state index is 13.3. The van der Waals surface area contributed by atoms with E-state index in [4.69, 9.17) is 0 Å². The van der Waals surface area contributed by atoms with Gasteiger partial charge in [0.2, 0.25) is 5.91 Å². The Kier molecular flexibility index (Phi) is 4.23. The number of nitrogens with zero attached hydrogens (tertiary/aromatic N) is 2. The van der Waals surface area contributed by atoms with E-state index in [1.54, 1.807) is 30.0 Å². The normalized spacial score (nSPS) is 16.8. The number of para-hydroxylation sites is 1. The summed E-state index contributed by atoms with van der Waals surface area (Å²) in [5.74, 6) is -0.00786. The highest BCUT2D eigenvalue weighted by Gasteiger charge is 2.30. The van der Waals surface area contributed by atoms with Crippen molar-refractivity contribution in [3.05, 3.63) is 53.6 Å². The van der Waals surface area contributed by atoms with Crippen LogP contribution in [0.5, 0.6) is 0 Å². The summed E-state index contributed by atoms with van der Waals surface area (Å²) in [7, 11) is -3.62. The van der Waals surface area contributed by atoms with Gasteiger partial charge in [0.25, 0.3) is 10.0 Å². The molecule has 2 heterocycles. The van der Waals surface area contributed by atoms with Gasteiger partial charge in [-0.1, -0.05) is 18.2 Å². The summed E-state index contributed by atoms with van der Waals surface area (Å²) in [5.41, 5.74) is 3.62. The number of benzene rings is 2. The maximum absolute atomic E-state index is 13.3. The quantitative estimate of drug-likeness (QED) is 0.816. The van der Waals surface area contributed by atoms with E-state index >= 15 is 0 Å². The van der Waals surface area contributed by atoms with Crippen LogP contribution in [0, 0.1) is 0 Å². The summed E-state index contributed by atoms with van der Waals surface area (Å²) in [6.07, 6.45) is 3.36. The summed E-state index contributed by atoms with van der Waals surface area (Å²) < 4.78 is 28.1. The van der Waals surface area contributed by atoms with Crippen LogP contribution in [-0.2, 0) is 27.7 Å². The monoisotopic (exact) mass is 370 g/mol. The average molecular weight is 370 g/mol. The molecular weight excluding hydrogens is 348 g/mol. The molecule has 0 aliphatic carbocycles. The first-order valence-electron chi connectivity index (χ1n) is 9.00. The lowest BCUT2D eigenvalue weighted by Crippen LogP contribution is -2.36. The standard InChI is InChI=1S/C20H22N2O3S/c1-15(23)21-12-4-8-17-14-18(10-11-19(17)21)26(24,25)22-13-5-7-16-6-2-3-9-20(16)22/h2-3,6,9-11,14H,4-5,7-8,12-13H2,1H3. The van der Waals surface area contributed by atoms with Crippen molar-refractivity contribution in [2.75, 3.05) is 22.3 Å². The number of hydrogen-bond acceptors (Lipinski definition) is 3. The van der Waals surface area contributed by atoms with Crippen molar-refractivity contribution in [3.63, 3.8) is 0 Å². The van der Waals surface area contributed by atoms with Crippen molar-refractivity contribution in [3.8, 4) is 0 Å². The fourth-order valence-electron chi connectivity index (χ4n) is 3.94. The van der Waals surface area contributed by atoms with Gasteiger partial charge in [0, 0.05) is 25.7 Å². The van der Waals surface area contributed by atoms with E-state index in [-0.39, 0.29) is 5.91 Å². The lowest BCUT2D eigenvalue weighted by molar-refractivity contribution is -0.116. The Morgan fingerprint density at radius 3 is 2.46 bits per heavy atom.